The average Bonchev–Trinajstić information content (AvgIpc) is 2.29. The largest absolute Gasteiger partial charge is 0.399 e. The lowest BCUT2D eigenvalue weighted by atomic mass is 10.2. The summed E-state index contributed by atoms with van der Waals surface area (Å²) in [6.45, 7) is 2.12. The Balaban J connectivity index is 2.65. The van der Waals surface area contributed by atoms with E-state index in [4.69, 9.17) is 5.73 Å². The Morgan fingerprint density at radius 3 is 2.41 bits per heavy atom. The molecule has 0 aliphatic carbocycles. The molecular weight excluding hydrogens is 234 g/mol. The van der Waals surface area contributed by atoms with Gasteiger partial charge in [0.1, 0.15) is 0 Å². The van der Waals surface area contributed by atoms with Crippen LogP contribution in [-0.4, -0.2) is 8.42 Å². The average molecular weight is 253 g/mol. The summed E-state index contributed by atoms with van der Waals surface area (Å²) in [4.78, 5) is 0.290. The fourth-order valence-electron chi connectivity index (χ4n) is 1.44. The summed E-state index contributed by atoms with van der Waals surface area (Å²) in [6.07, 6.45) is 5.83. The molecule has 3 nitrogen and oxygen atoms in total. The SMILES string of the molecule is CCCCC/C=C/S(=O)(=O)c1ccc(N)cc1. The minimum Gasteiger partial charge on any atom is -0.399 e. The van der Waals surface area contributed by atoms with Gasteiger partial charge in [-0.05, 0) is 37.1 Å². The molecule has 0 heterocycles. The van der Waals surface area contributed by atoms with Crippen LogP contribution in [0.25, 0.3) is 0 Å². The number of anilines is 1. The molecule has 1 aromatic rings. The van der Waals surface area contributed by atoms with Crippen LogP contribution in [0, 0.1) is 0 Å². The molecule has 17 heavy (non-hydrogen) atoms. The summed E-state index contributed by atoms with van der Waals surface area (Å²) in [6, 6.07) is 6.25. The van der Waals surface area contributed by atoms with Gasteiger partial charge in [-0.3, -0.25) is 0 Å². The highest BCUT2D eigenvalue weighted by Crippen LogP contribution is 2.14. The maximum Gasteiger partial charge on any atom is 0.199 e. The van der Waals surface area contributed by atoms with E-state index in [1.807, 2.05) is 0 Å². The zero-order valence-electron chi connectivity index (χ0n) is 10.1. The second-order valence-corrected chi connectivity index (χ2v) is 5.82. The Bertz CT molecular complexity index is 461. The van der Waals surface area contributed by atoms with Gasteiger partial charge in [0.2, 0.25) is 0 Å². The van der Waals surface area contributed by atoms with Gasteiger partial charge in [0.25, 0.3) is 0 Å². The van der Waals surface area contributed by atoms with Crippen molar-refractivity contribution in [3.63, 3.8) is 0 Å². The first-order valence-electron chi connectivity index (χ1n) is 5.83. The Morgan fingerprint density at radius 2 is 1.82 bits per heavy atom. The van der Waals surface area contributed by atoms with Crippen LogP contribution in [0.1, 0.15) is 32.6 Å². The first-order valence-corrected chi connectivity index (χ1v) is 7.38. The number of hydrogen-bond donors (Lipinski definition) is 1. The number of nitrogens with two attached hydrogens (primary N) is 1. The predicted molar refractivity (Wildman–Crippen MR) is 71.3 cm³/mol. The summed E-state index contributed by atoms with van der Waals surface area (Å²) in [7, 11) is -3.30. The molecule has 0 fully saturated rings. The van der Waals surface area contributed by atoms with Crippen molar-refractivity contribution < 1.29 is 8.42 Å². The summed E-state index contributed by atoms with van der Waals surface area (Å²) in [5.41, 5.74) is 6.08. The number of benzene rings is 1. The van der Waals surface area contributed by atoms with Crippen molar-refractivity contribution in [2.24, 2.45) is 0 Å². The first kappa shape index (κ1) is 13.8. The fraction of sp³-hybridized carbons (Fsp3) is 0.385. The third-order valence-electron chi connectivity index (χ3n) is 2.46. The van der Waals surface area contributed by atoms with Crippen molar-refractivity contribution in [2.45, 2.75) is 37.5 Å². The number of unbranched alkanes of at least 4 members (excludes halogenated alkanes) is 3. The number of allylic oxidation sites excluding steroid dienone is 1. The van der Waals surface area contributed by atoms with Crippen molar-refractivity contribution >= 4 is 15.5 Å². The molecule has 0 radical (unpaired) electrons. The molecule has 0 aliphatic heterocycles. The molecule has 0 bridgehead atoms. The van der Waals surface area contributed by atoms with Crippen LogP contribution in [-0.2, 0) is 9.84 Å². The summed E-state index contributed by atoms with van der Waals surface area (Å²) < 4.78 is 23.7. The van der Waals surface area contributed by atoms with Crippen LogP contribution in [0.5, 0.6) is 0 Å². The number of hydrogen-bond acceptors (Lipinski definition) is 3. The van der Waals surface area contributed by atoms with E-state index in [1.54, 1.807) is 18.2 Å². The highest BCUT2D eigenvalue weighted by molar-refractivity contribution is 7.94. The standard InChI is InChI=1S/C13H19NO2S/c1-2-3-4-5-6-11-17(15,16)13-9-7-12(14)8-10-13/h6-11H,2-5,14H2,1H3/b11-6+. The van der Waals surface area contributed by atoms with Gasteiger partial charge in [-0.1, -0.05) is 25.8 Å². The van der Waals surface area contributed by atoms with Crippen LogP contribution in [0.4, 0.5) is 5.69 Å². The molecule has 4 heteroatoms. The maximum absolute atomic E-state index is 11.8. The molecule has 94 valence electrons. The molecule has 2 N–H and O–H groups in total. The van der Waals surface area contributed by atoms with E-state index in [1.165, 1.54) is 17.5 Å². The van der Waals surface area contributed by atoms with Gasteiger partial charge in [-0.2, -0.15) is 0 Å². The van der Waals surface area contributed by atoms with E-state index in [9.17, 15) is 8.42 Å². The van der Waals surface area contributed by atoms with Gasteiger partial charge in [-0.15, -0.1) is 0 Å². The normalized spacial score (nSPS) is 12.1. The molecule has 0 aliphatic rings. The van der Waals surface area contributed by atoms with Gasteiger partial charge >= 0.3 is 0 Å². The number of nitrogen functional groups attached to an aromatic ring is 1. The van der Waals surface area contributed by atoms with Gasteiger partial charge < -0.3 is 5.73 Å². The summed E-state index contributed by atoms with van der Waals surface area (Å²) in [5.74, 6) is 0. The molecule has 0 atom stereocenters. The van der Waals surface area contributed by atoms with Crippen LogP contribution in [0.2, 0.25) is 0 Å². The van der Waals surface area contributed by atoms with E-state index >= 15 is 0 Å². The minimum absolute atomic E-state index is 0.290. The smallest absolute Gasteiger partial charge is 0.199 e. The number of rotatable bonds is 6. The van der Waals surface area contributed by atoms with Crippen LogP contribution >= 0.6 is 0 Å². The highest BCUT2D eigenvalue weighted by atomic mass is 32.2. The van der Waals surface area contributed by atoms with Gasteiger partial charge in [0, 0.05) is 11.1 Å². The van der Waals surface area contributed by atoms with Gasteiger partial charge in [0.05, 0.1) is 4.90 Å². The maximum atomic E-state index is 11.8. The second-order valence-electron chi connectivity index (χ2n) is 3.98. The first-order chi connectivity index (χ1) is 8.06. The molecule has 0 unspecified atom stereocenters. The molecule has 0 saturated heterocycles. The van der Waals surface area contributed by atoms with E-state index in [2.05, 4.69) is 6.92 Å². The minimum atomic E-state index is -3.30. The lowest BCUT2D eigenvalue weighted by Crippen LogP contribution is -1.96. The molecular formula is C13H19NO2S. The Morgan fingerprint density at radius 1 is 1.18 bits per heavy atom. The molecule has 1 rings (SSSR count). The molecule has 0 saturated carbocycles. The lowest BCUT2D eigenvalue weighted by Gasteiger charge is -1.99. The van der Waals surface area contributed by atoms with Gasteiger partial charge in [0.15, 0.2) is 9.84 Å². The summed E-state index contributed by atoms with van der Waals surface area (Å²) >= 11 is 0. The lowest BCUT2D eigenvalue weighted by molar-refractivity contribution is 0.604. The molecule has 1 aromatic carbocycles. The third-order valence-corrected chi connectivity index (χ3v) is 3.94. The Kier molecular flexibility index (Phi) is 5.22. The van der Waals surface area contributed by atoms with E-state index in [0.717, 1.165) is 25.7 Å². The van der Waals surface area contributed by atoms with Crippen molar-refractivity contribution in [1.82, 2.24) is 0 Å². The highest BCUT2D eigenvalue weighted by Gasteiger charge is 2.08. The zero-order valence-corrected chi connectivity index (χ0v) is 10.9. The fourth-order valence-corrected chi connectivity index (χ4v) is 2.51. The van der Waals surface area contributed by atoms with Crippen molar-refractivity contribution in [3.8, 4) is 0 Å². The van der Waals surface area contributed by atoms with E-state index in [-0.39, 0.29) is 0 Å². The molecule has 0 aromatic heterocycles. The second kappa shape index (κ2) is 6.45. The van der Waals surface area contributed by atoms with E-state index < -0.39 is 9.84 Å². The summed E-state index contributed by atoms with van der Waals surface area (Å²) in [5, 5.41) is 1.29. The van der Waals surface area contributed by atoms with Crippen LogP contribution in [0.3, 0.4) is 0 Å². The van der Waals surface area contributed by atoms with Crippen molar-refractivity contribution in [1.29, 1.82) is 0 Å². The van der Waals surface area contributed by atoms with Crippen LogP contribution < -0.4 is 5.73 Å². The zero-order chi connectivity index (χ0) is 12.7. The van der Waals surface area contributed by atoms with Crippen molar-refractivity contribution in [2.75, 3.05) is 5.73 Å². The third kappa shape index (κ3) is 4.61. The quantitative estimate of drug-likeness (QED) is 0.626. The predicted octanol–water partition coefficient (Wildman–Crippen LogP) is 3.14. The Hall–Kier alpha value is -1.29. The number of sulfone groups is 1. The van der Waals surface area contributed by atoms with E-state index in [0.29, 0.717) is 10.6 Å². The Labute approximate surface area is 103 Å². The molecule has 0 spiro atoms. The monoisotopic (exact) mass is 253 g/mol. The van der Waals surface area contributed by atoms with Crippen molar-refractivity contribution in [3.05, 3.63) is 35.7 Å². The topological polar surface area (TPSA) is 60.2 Å². The molecule has 0 amide bonds. The van der Waals surface area contributed by atoms with Crippen LogP contribution in [0.15, 0.2) is 40.6 Å². The van der Waals surface area contributed by atoms with Gasteiger partial charge in [-0.25, -0.2) is 8.42 Å².